The summed E-state index contributed by atoms with van der Waals surface area (Å²) in [6.45, 7) is 2.64. The molecule has 116 valence electrons. The van der Waals surface area contributed by atoms with Gasteiger partial charge in [-0.25, -0.2) is 0 Å². The number of ether oxygens (including phenoxy) is 1. The molecule has 0 aliphatic carbocycles. The van der Waals surface area contributed by atoms with Gasteiger partial charge in [0.05, 0.1) is 6.20 Å². The summed E-state index contributed by atoms with van der Waals surface area (Å²) in [6, 6.07) is 11.2. The van der Waals surface area contributed by atoms with Crippen molar-refractivity contribution < 1.29 is 14.6 Å². The van der Waals surface area contributed by atoms with E-state index in [0.29, 0.717) is 18.9 Å². The molecule has 1 aromatic heterocycles. The summed E-state index contributed by atoms with van der Waals surface area (Å²) in [7, 11) is 1.77. The number of aliphatic carboxylic acids is 1. The number of hydrogen-bond donors (Lipinski definition) is 1. The van der Waals surface area contributed by atoms with Gasteiger partial charge in [0.2, 0.25) is 0 Å². The summed E-state index contributed by atoms with van der Waals surface area (Å²) in [5.41, 5.74) is 2.01. The predicted octanol–water partition coefficient (Wildman–Crippen LogP) is 2.57. The van der Waals surface area contributed by atoms with E-state index in [9.17, 15) is 4.79 Å². The summed E-state index contributed by atoms with van der Waals surface area (Å²) in [5.74, 6) is -0.162. The Hall–Kier alpha value is -2.40. The highest BCUT2D eigenvalue weighted by molar-refractivity contribution is 5.72. The van der Waals surface area contributed by atoms with Gasteiger partial charge in [-0.1, -0.05) is 30.3 Å². The van der Waals surface area contributed by atoms with Crippen LogP contribution in [0.1, 0.15) is 18.1 Å². The molecule has 2 rings (SSSR count). The summed E-state index contributed by atoms with van der Waals surface area (Å²) in [6.07, 6.45) is 3.38. The fourth-order valence-electron chi connectivity index (χ4n) is 1.98. The van der Waals surface area contributed by atoms with Gasteiger partial charge < -0.3 is 9.84 Å². The molecule has 1 N–H and O–H groups in total. The number of carboxylic acids is 1. The van der Waals surface area contributed by atoms with Crippen molar-refractivity contribution in [1.29, 1.82) is 0 Å². The number of carboxylic acid groups (broad SMARTS) is 1. The fraction of sp³-hybridized carbons (Fsp3) is 0.294. The number of aromatic nitrogens is 1. The summed E-state index contributed by atoms with van der Waals surface area (Å²) in [5, 5.41) is 9.01. The topological polar surface area (TPSA) is 62.7 Å². The van der Waals surface area contributed by atoms with Crippen LogP contribution in [0.2, 0.25) is 0 Å². The van der Waals surface area contributed by atoms with Crippen LogP contribution in [-0.2, 0) is 17.9 Å². The smallest absolute Gasteiger partial charge is 0.320 e. The van der Waals surface area contributed by atoms with E-state index in [-0.39, 0.29) is 0 Å². The molecule has 0 spiro atoms. The van der Waals surface area contributed by atoms with E-state index < -0.39 is 12.0 Å². The zero-order valence-corrected chi connectivity index (χ0v) is 12.8. The summed E-state index contributed by atoms with van der Waals surface area (Å²) < 4.78 is 5.72. The Kier molecular flexibility index (Phi) is 5.49. The molecule has 0 radical (unpaired) electrons. The van der Waals surface area contributed by atoms with Crippen molar-refractivity contribution in [2.24, 2.45) is 0 Å². The molecule has 0 aliphatic heterocycles. The highest BCUT2D eigenvalue weighted by atomic mass is 16.5. The van der Waals surface area contributed by atoms with Gasteiger partial charge in [-0.2, -0.15) is 0 Å². The number of likely N-dealkylation sites (N-methyl/N-ethyl adjacent to an activating group) is 1. The van der Waals surface area contributed by atoms with E-state index >= 15 is 0 Å². The maximum absolute atomic E-state index is 11.0. The minimum Gasteiger partial charge on any atom is -0.487 e. The van der Waals surface area contributed by atoms with Gasteiger partial charge in [0.25, 0.3) is 0 Å². The Morgan fingerprint density at radius 3 is 2.68 bits per heavy atom. The average molecular weight is 300 g/mol. The Morgan fingerprint density at radius 1 is 1.27 bits per heavy atom. The molecule has 1 heterocycles. The van der Waals surface area contributed by atoms with Crippen molar-refractivity contribution in [2.75, 3.05) is 7.05 Å². The Labute approximate surface area is 130 Å². The highest BCUT2D eigenvalue weighted by Crippen LogP contribution is 2.15. The van der Waals surface area contributed by atoms with Gasteiger partial charge in [0, 0.05) is 12.7 Å². The van der Waals surface area contributed by atoms with E-state index in [0.717, 1.165) is 11.1 Å². The molecular weight excluding hydrogens is 280 g/mol. The quantitative estimate of drug-likeness (QED) is 0.851. The summed E-state index contributed by atoms with van der Waals surface area (Å²) >= 11 is 0. The Morgan fingerprint density at radius 2 is 2.00 bits per heavy atom. The second-order valence-electron chi connectivity index (χ2n) is 5.23. The molecule has 0 saturated carbocycles. The second kappa shape index (κ2) is 7.56. The molecule has 0 fully saturated rings. The van der Waals surface area contributed by atoms with Crippen LogP contribution in [0.25, 0.3) is 0 Å². The maximum Gasteiger partial charge on any atom is 0.320 e. The molecule has 1 unspecified atom stereocenters. The lowest BCUT2D eigenvalue weighted by atomic mass is 10.2. The lowest BCUT2D eigenvalue weighted by molar-refractivity contribution is -0.142. The average Bonchev–Trinajstić information content (AvgIpc) is 2.53. The van der Waals surface area contributed by atoms with Crippen LogP contribution in [0.15, 0.2) is 48.8 Å². The van der Waals surface area contributed by atoms with Crippen LogP contribution < -0.4 is 4.74 Å². The van der Waals surface area contributed by atoms with Crippen LogP contribution >= 0.6 is 0 Å². The van der Waals surface area contributed by atoms with Crippen LogP contribution in [-0.4, -0.2) is 34.0 Å². The van der Waals surface area contributed by atoms with E-state index in [2.05, 4.69) is 4.98 Å². The lowest BCUT2D eigenvalue weighted by Gasteiger charge is -2.21. The summed E-state index contributed by atoms with van der Waals surface area (Å²) in [4.78, 5) is 16.9. The Bertz CT molecular complexity index is 616. The van der Waals surface area contributed by atoms with Crippen molar-refractivity contribution in [3.8, 4) is 5.75 Å². The SMILES string of the molecule is CC(C(=O)O)N(C)Cc1cncc(OCc2ccccc2)c1. The van der Waals surface area contributed by atoms with Crippen molar-refractivity contribution in [3.05, 3.63) is 59.9 Å². The van der Waals surface area contributed by atoms with Gasteiger partial charge in [-0.3, -0.25) is 14.7 Å². The third-order valence-corrected chi connectivity index (χ3v) is 3.47. The van der Waals surface area contributed by atoms with Crippen LogP contribution in [0.3, 0.4) is 0 Å². The number of pyridine rings is 1. The molecule has 1 aromatic carbocycles. The number of benzene rings is 1. The monoisotopic (exact) mass is 300 g/mol. The molecule has 0 amide bonds. The normalized spacial score (nSPS) is 12.1. The fourth-order valence-corrected chi connectivity index (χ4v) is 1.98. The van der Waals surface area contributed by atoms with E-state index in [4.69, 9.17) is 9.84 Å². The first-order chi connectivity index (χ1) is 10.6. The molecule has 1 atom stereocenters. The highest BCUT2D eigenvalue weighted by Gasteiger charge is 2.16. The number of rotatable bonds is 7. The van der Waals surface area contributed by atoms with Crippen LogP contribution in [0, 0.1) is 0 Å². The molecule has 5 nitrogen and oxygen atoms in total. The van der Waals surface area contributed by atoms with E-state index in [1.807, 2.05) is 36.4 Å². The van der Waals surface area contributed by atoms with Gasteiger partial charge in [-0.15, -0.1) is 0 Å². The minimum atomic E-state index is -0.841. The number of carbonyl (C=O) groups is 1. The largest absolute Gasteiger partial charge is 0.487 e. The maximum atomic E-state index is 11.0. The molecule has 22 heavy (non-hydrogen) atoms. The molecule has 0 aliphatic rings. The Balaban J connectivity index is 1.96. The van der Waals surface area contributed by atoms with Gasteiger partial charge in [0.15, 0.2) is 0 Å². The first-order valence-electron chi connectivity index (χ1n) is 7.10. The molecule has 2 aromatic rings. The molecule has 5 heteroatoms. The second-order valence-corrected chi connectivity index (χ2v) is 5.23. The lowest BCUT2D eigenvalue weighted by Crippen LogP contribution is -2.35. The molecular formula is C17H20N2O3. The predicted molar refractivity (Wildman–Crippen MR) is 83.6 cm³/mol. The zero-order valence-electron chi connectivity index (χ0n) is 12.8. The van der Waals surface area contributed by atoms with Gasteiger partial charge >= 0.3 is 5.97 Å². The van der Waals surface area contributed by atoms with Crippen molar-refractivity contribution in [3.63, 3.8) is 0 Å². The van der Waals surface area contributed by atoms with Gasteiger partial charge in [0.1, 0.15) is 18.4 Å². The third-order valence-electron chi connectivity index (χ3n) is 3.47. The minimum absolute atomic E-state index is 0.480. The standard InChI is InChI=1S/C17H20N2O3/c1-13(17(20)21)19(2)11-15-8-16(10-18-9-15)22-12-14-6-4-3-5-7-14/h3-10,13H,11-12H2,1-2H3,(H,20,21). The van der Waals surface area contributed by atoms with Crippen molar-refractivity contribution >= 4 is 5.97 Å². The van der Waals surface area contributed by atoms with E-state index in [1.54, 1.807) is 31.3 Å². The molecule has 0 saturated heterocycles. The van der Waals surface area contributed by atoms with Crippen LogP contribution in [0.4, 0.5) is 0 Å². The molecule has 0 bridgehead atoms. The first-order valence-corrected chi connectivity index (χ1v) is 7.10. The zero-order chi connectivity index (χ0) is 15.9. The number of nitrogens with zero attached hydrogens (tertiary/aromatic N) is 2. The van der Waals surface area contributed by atoms with E-state index in [1.165, 1.54) is 0 Å². The third kappa shape index (κ3) is 4.56. The first kappa shape index (κ1) is 16.0. The van der Waals surface area contributed by atoms with Crippen LogP contribution in [0.5, 0.6) is 5.75 Å². The van der Waals surface area contributed by atoms with Gasteiger partial charge in [-0.05, 0) is 31.2 Å². The van der Waals surface area contributed by atoms with Crippen molar-refractivity contribution in [1.82, 2.24) is 9.88 Å². The number of hydrogen-bond acceptors (Lipinski definition) is 4. The van der Waals surface area contributed by atoms with Crippen molar-refractivity contribution in [2.45, 2.75) is 26.1 Å².